The first-order valence-corrected chi connectivity index (χ1v) is 38.9. The van der Waals surface area contributed by atoms with Gasteiger partial charge in [0.1, 0.15) is 36.2 Å². The smallest absolute Gasteiger partial charge is 0.343 e. The van der Waals surface area contributed by atoms with Gasteiger partial charge in [-0.15, -0.1) is 71.6 Å². The lowest BCUT2D eigenvalue weighted by Crippen LogP contribution is -2.11. The third kappa shape index (κ3) is 18.0. The number of rotatable bonds is 27. The number of hydrogen-bond donors (Lipinski definition) is 9. The molecule has 132 heavy (non-hydrogen) atoms. The normalized spacial score (nSPS) is 11.7. The van der Waals surface area contributed by atoms with Crippen molar-refractivity contribution in [2.24, 2.45) is 104 Å². The molecular weight excluding hydrogens is 1750 g/mol. The zero-order valence-electron chi connectivity index (χ0n) is 72.5. The van der Waals surface area contributed by atoms with Crippen LogP contribution in [0, 0.1) is 41.5 Å². The summed E-state index contributed by atoms with van der Waals surface area (Å²) >= 11 is 1.08. The number of hydrogen-bond acceptors (Lipinski definition) is 49. The number of ether oxygens (including phenoxy) is 3. The fourth-order valence-corrected chi connectivity index (χ4v) is 12.8. The van der Waals surface area contributed by atoms with Gasteiger partial charge in [-0.1, -0.05) is 11.3 Å². The maximum absolute atomic E-state index is 12.3. The number of anilines is 6. The Morgan fingerprint density at radius 3 is 0.985 bits per heavy atom. The van der Waals surface area contributed by atoms with Gasteiger partial charge in [-0.2, -0.15) is 99.2 Å². The summed E-state index contributed by atoms with van der Waals surface area (Å²) in [5.41, 5.74) is 42.8. The number of carbonyl (C=O) groups excluding carboxylic acids is 6. The molecule has 0 aliphatic carbocycles. The Kier molecular flexibility index (Phi) is 26.3. The van der Waals surface area contributed by atoms with Crippen LogP contribution in [0.15, 0.2) is 117 Å². The molecule has 0 unspecified atom stereocenters. The van der Waals surface area contributed by atoms with Crippen molar-refractivity contribution in [3.63, 3.8) is 0 Å². The third-order valence-corrected chi connectivity index (χ3v) is 19.7. The summed E-state index contributed by atoms with van der Waals surface area (Å²) in [5, 5.41) is 138. The van der Waals surface area contributed by atoms with Crippen LogP contribution in [0.4, 0.5) is 104 Å². The van der Waals surface area contributed by atoms with Gasteiger partial charge in [0.2, 0.25) is 16.1 Å². The molecule has 15 N–H and O–H groups in total. The number of nitrogen functional groups attached to an aromatic ring is 6. The van der Waals surface area contributed by atoms with Crippen molar-refractivity contribution in [3.05, 3.63) is 123 Å². The van der Waals surface area contributed by atoms with Gasteiger partial charge in [0.15, 0.2) is 139 Å². The summed E-state index contributed by atoms with van der Waals surface area (Å²) in [6.45, 7) is 11.9. The Bertz CT molecular complexity index is 6960. The van der Waals surface area contributed by atoms with Crippen molar-refractivity contribution in [2.75, 3.05) is 68.4 Å². The Morgan fingerprint density at radius 2 is 0.659 bits per heavy atom. The van der Waals surface area contributed by atoms with E-state index in [-0.39, 0.29) is 166 Å². The molecule has 0 aromatic carbocycles. The molecule has 0 spiro atoms. The first kappa shape index (κ1) is 91.5. The summed E-state index contributed by atoms with van der Waals surface area (Å²) in [6, 6.07) is 2.78. The van der Waals surface area contributed by atoms with Crippen molar-refractivity contribution >= 4 is 151 Å². The number of aromatic nitrogens is 30. The number of azo groups is 6. The second-order valence-corrected chi connectivity index (χ2v) is 28.5. The number of aromatic hydroxyl groups is 1. The quantitative estimate of drug-likeness (QED) is 0.0110. The van der Waals surface area contributed by atoms with Crippen LogP contribution in [0.2, 0.25) is 0 Å². The maximum Gasteiger partial charge on any atom is 0.343 e. The molecule has 0 bridgehead atoms. The molecule has 0 amide bonds. The molecular formula is C71H78N48O12S. The van der Waals surface area contributed by atoms with Gasteiger partial charge < -0.3 is 63.9 Å². The first-order chi connectivity index (χ1) is 63.0. The molecule has 0 aliphatic rings. The van der Waals surface area contributed by atoms with E-state index in [9.17, 15) is 44.1 Å². The monoisotopic (exact) mass is 1830 g/mol. The molecule has 680 valence electrons. The van der Waals surface area contributed by atoms with Crippen LogP contribution < -0.4 is 34.4 Å². The average Bonchev–Trinajstić information content (AvgIpc) is 1.63. The molecule has 0 atom stereocenters. The minimum atomic E-state index is -0.724. The van der Waals surface area contributed by atoms with Crippen molar-refractivity contribution < 1.29 is 58.3 Å². The molecule has 0 aliphatic heterocycles. The Balaban J connectivity index is 0.000000168. The molecule has 0 fully saturated rings. The highest BCUT2D eigenvalue weighted by molar-refractivity contribution is 7.16. The SMILES string of the molecule is CCOC(=O)c1cnn(C)c1N=Nc1c(C)nn(-c2cc(-n3nc(C)c(N=Nc4c(C(C)=O)cnn4C)c3N)ncn2)c1N.COC(=O)c1cnn(C)c1N=Nc1c(C)nn(-c2nc(O)cc(-n3nc(C)c(N=Nc4c(C(=O)CO)cnn4C)c3N)n2)c1N.COC(=O)c1cnn(C)c1N=Nc1c(C)nn(-c2nnc(-n3nc(C)c(N=Nc4c(C(=O)CO)cnn4C)c3N)s2)c1N. The molecule has 60 nitrogen and oxygen atoms in total. The summed E-state index contributed by atoms with van der Waals surface area (Å²) in [7, 11) is 12.1. The number of aryl methyl sites for hydroxylation is 12. The van der Waals surface area contributed by atoms with Crippen LogP contribution in [0.5, 0.6) is 5.88 Å². The van der Waals surface area contributed by atoms with Gasteiger partial charge in [0, 0.05) is 54.4 Å². The number of nitrogens with two attached hydrogens (primary N) is 6. The number of aliphatic hydroxyl groups is 2. The van der Waals surface area contributed by atoms with E-state index in [1.165, 1.54) is 122 Å². The molecule has 15 heterocycles. The van der Waals surface area contributed by atoms with Crippen LogP contribution in [-0.2, 0) is 56.5 Å². The minimum absolute atomic E-state index is 0.00537. The van der Waals surface area contributed by atoms with Gasteiger partial charge in [0.25, 0.3) is 5.95 Å². The van der Waals surface area contributed by atoms with Crippen LogP contribution in [0.25, 0.3) is 33.7 Å². The molecule has 15 rings (SSSR count). The van der Waals surface area contributed by atoms with E-state index in [1.54, 1.807) is 96.8 Å². The van der Waals surface area contributed by atoms with Crippen LogP contribution in [0.3, 0.4) is 0 Å². The van der Waals surface area contributed by atoms with Crippen molar-refractivity contribution in [3.8, 4) is 39.5 Å². The number of Topliss-reactive ketones (excluding diaryl/α,β-unsaturated/α-hetero) is 3. The molecule has 0 saturated carbocycles. The first-order valence-electron chi connectivity index (χ1n) is 38.1. The van der Waals surface area contributed by atoms with Crippen molar-refractivity contribution in [2.45, 2.75) is 55.4 Å². The summed E-state index contributed by atoms with van der Waals surface area (Å²) in [5.74, 6) is -1.64. The lowest BCUT2D eigenvalue weighted by Gasteiger charge is -2.07. The second-order valence-electron chi connectivity index (χ2n) is 27.5. The topological polar surface area (TPSA) is 786 Å². The largest absolute Gasteiger partial charge is 0.493 e. The number of methoxy groups -OCH3 is 2. The Morgan fingerprint density at radius 1 is 0.379 bits per heavy atom. The zero-order valence-corrected chi connectivity index (χ0v) is 73.3. The Hall–Kier alpha value is -18.2. The number of ketones is 3. The summed E-state index contributed by atoms with van der Waals surface area (Å²) in [4.78, 5) is 89.3. The van der Waals surface area contributed by atoms with Crippen LogP contribution in [-0.4, -0.2) is 232 Å². The van der Waals surface area contributed by atoms with E-state index in [1.807, 2.05) is 0 Å². The van der Waals surface area contributed by atoms with Gasteiger partial charge >= 0.3 is 17.9 Å². The Labute approximate surface area is 743 Å². The molecule has 15 aromatic heterocycles. The van der Waals surface area contributed by atoms with E-state index in [0.717, 1.165) is 16.0 Å². The second kappa shape index (κ2) is 37.9. The van der Waals surface area contributed by atoms with E-state index >= 15 is 0 Å². The van der Waals surface area contributed by atoms with Gasteiger partial charge in [-0.25, -0.2) is 52.4 Å². The highest BCUT2D eigenvalue weighted by Crippen LogP contribution is 2.40. The summed E-state index contributed by atoms with van der Waals surface area (Å²) < 4.78 is 30.5. The molecule has 0 radical (unpaired) electrons. The molecule has 15 aromatic rings. The number of carbonyl (C=O) groups is 6. The van der Waals surface area contributed by atoms with Gasteiger partial charge in [0.05, 0.1) is 109 Å². The fourth-order valence-electron chi connectivity index (χ4n) is 12.0. The zero-order chi connectivity index (χ0) is 95.3. The van der Waals surface area contributed by atoms with E-state index in [2.05, 4.69) is 153 Å². The van der Waals surface area contributed by atoms with E-state index in [0.29, 0.717) is 51.4 Å². The van der Waals surface area contributed by atoms with E-state index < -0.39 is 48.6 Å². The molecule has 0 saturated heterocycles. The number of esters is 3. The van der Waals surface area contributed by atoms with Crippen LogP contribution >= 0.6 is 11.3 Å². The van der Waals surface area contributed by atoms with Gasteiger partial charge in [-0.05, 0) is 55.4 Å². The third-order valence-electron chi connectivity index (χ3n) is 18.8. The lowest BCUT2D eigenvalue weighted by atomic mass is 10.2. The lowest BCUT2D eigenvalue weighted by molar-refractivity contribution is 0.0524. The highest BCUT2D eigenvalue weighted by Gasteiger charge is 2.29. The van der Waals surface area contributed by atoms with Crippen LogP contribution in [0.1, 0.15) is 110 Å². The average molecular weight is 1830 g/mol. The number of aliphatic hydroxyl groups excluding tert-OH is 2. The van der Waals surface area contributed by atoms with Crippen molar-refractivity contribution in [1.82, 2.24) is 147 Å². The highest BCUT2D eigenvalue weighted by atomic mass is 32.1. The molecule has 61 heteroatoms. The van der Waals surface area contributed by atoms with Gasteiger partial charge in [-0.3, -0.25) is 14.4 Å². The standard InChI is InChI=1S/C25H28N16O3.C24H26N16O5.C22H24N16O4S/c1-7-44-25(43)16-10-31-39(6)24(16)35-33-20-13(3)37-41(22(20)27)18-8-17(28-11-29-18)40-21(26)19(12(2)36-40)32-34-23-15(14(4)42)9-30-38(23)5;1-10-17(31-33-21-12(14(42)9-41)7-27-37(21)3)19(25)39(35-10)15-6-16(43)30-24(29-15)40-20(26)18(11(2)36-40)32-34-22-13(23(44)45-5)8-28-38(22)4;1-9-14(27-29-18-11(13(40)8-39)6-25-35(18)3)16(23)37(33-9)21-31-32-22(43-21)38-17(24)15(10(2)34-38)28-30-19-12(20(41)42-5)7-26-36(19)4/h8-11H,7,26-27H2,1-6H3;6-8,41H,9,25-26H2,1-5H3,(H,29,30,43);6-7,39H,8,23-24H2,1-5H3. The maximum atomic E-state index is 12.3. The van der Waals surface area contributed by atoms with E-state index in [4.69, 9.17) is 48.6 Å². The minimum Gasteiger partial charge on any atom is -0.493 e. The fraction of sp³-hybridized carbons (Fsp3) is 0.268. The van der Waals surface area contributed by atoms with Crippen molar-refractivity contribution in [1.29, 1.82) is 0 Å². The number of nitrogens with zero attached hydrogens (tertiary/aromatic N) is 42. The summed E-state index contributed by atoms with van der Waals surface area (Å²) in [6.07, 6.45) is 9.27. The predicted molar refractivity (Wildman–Crippen MR) is 459 cm³/mol. The predicted octanol–water partition coefficient (Wildman–Crippen LogP) is 6.85.